The first-order chi connectivity index (χ1) is 8.11. The third kappa shape index (κ3) is 2.31. The van der Waals surface area contributed by atoms with Gasteiger partial charge in [0.1, 0.15) is 0 Å². The SMILES string of the molecule is CCc1nc(-c2ccc(F)c([N+](=O)[O-])c2)cs1. The van der Waals surface area contributed by atoms with Crippen molar-refractivity contribution in [3.8, 4) is 11.3 Å². The molecule has 4 nitrogen and oxygen atoms in total. The number of hydrogen-bond donors (Lipinski definition) is 0. The summed E-state index contributed by atoms with van der Waals surface area (Å²) in [5.41, 5.74) is 0.692. The zero-order valence-corrected chi connectivity index (χ0v) is 9.83. The highest BCUT2D eigenvalue weighted by Gasteiger charge is 2.15. The summed E-state index contributed by atoms with van der Waals surface area (Å²) in [6, 6.07) is 3.80. The van der Waals surface area contributed by atoms with Gasteiger partial charge in [-0.05, 0) is 18.6 Å². The molecule has 17 heavy (non-hydrogen) atoms. The molecule has 0 unspecified atom stereocenters. The summed E-state index contributed by atoms with van der Waals surface area (Å²) in [5.74, 6) is -0.829. The average Bonchev–Trinajstić information content (AvgIpc) is 2.78. The molecule has 0 atom stereocenters. The van der Waals surface area contributed by atoms with E-state index in [0.29, 0.717) is 11.3 Å². The summed E-state index contributed by atoms with van der Waals surface area (Å²) in [7, 11) is 0. The maximum absolute atomic E-state index is 13.1. The maximum Gasteiger partial charge on any atom is 0.305 e. The minimum atomic E-state index is -0.829. The van der Waals surface area contributed by atoms with Gasteiger partial charge in [0, 0.05) is 17.0 Å². The molecule has 0 saturated heterocycles. The molecule has 0 N–H and O–H groups in total. The minimum absolute atomic E-state index is 0.520. The van der Waals surface area contributed by atoms with Crippen LogP contribution in [0.1, 0.15) is 11.9 Å². The lowest BCUT2D eigenvalue weighted by atomic mass is 10.1. The molecular weight excluding hydrogens is 243 g/mol. The Labute approximate surface area is 101 Å². The second-order valence-electron chi connectivity index (χ2n) is 3.40. The minimum Gasteiger partial charge on any atom is -0.258 e. The van der Waals surface area contributed by atoms with E-state index >= 15 is 0 Å². The number of nitrogens with zero attached hydrogens (tertiary/aromatic N) is 2. The summed E-state index contributed by atoms with van der Waals surface area (Å²) in [6.45, 7) is 1.98. The van der Waals surface area contributed by atoms with Crippen LogP contribution in [-0.4, -0.2) is 9.91 Å². The third-order valence-electron chi connectivity index (χ3n) is 2.29. The first-order valence-corrected chi connectivity index (χ1v) is 5.88. The Morgan fingerprint density at radius 2 is 2.29 bits per heavy atom. The highest BCUT2D eigenvalue weighted by Crippen LogP contribution is 2.27. The van der Waals surface area contributed by atoms with E-state index < -0.39 is 16.4 Å². The van der Waals surface area contributed by atoms with Gasteiger partial charge in [-0.15, -0.1) is 11.3 Å². The van der Waals surface area contributed by atoms with Crippen molar-refractivity contribution in [3.63, 3.8) is 0 Å². The molecule has 2 aromatic rings. The first kappa shape index (κ1) is 11.7. The number of rotatable bonds is 3. The first-order valence-electron chi connectivity index (χ1n) is 5.00. The Kier molecular flexibility index (Phi) is 3.14. The molecule has 1 heterocycles. The highest BCUT2D eigenvalue weighted by molar-refractivity contribution is 7.09. The van der Waals surface area contributed by atoms with Gasteiger partial charge in [-0.1, -0.05) is 6.92 Å². The molecule has 2 rings (SSSR count). The average molecular weight is 252 g/mol. The Morgan fingerprint density at radius 3 is 2.88 bits per heavy atom. The summed E-state index contributed by atoms with van der Waals surface area (Å²) < 4.78 is 13.1. The van der Waals surface area contributed by atoms with Gasteiger partial charge in [0.25, 0.3) is 0 Å². The number of hydrogen-bond acceptors (Lipinski definition) is 4. The molecule has 1 aromatic heterocycles. The fourth-order valence-corrected chi connectivity index (χ4v) is 2.17. The summed E-state index contributed by atoms with van der Waals surface area (Å²) in [6.07, 6.45) is 0.813. The fourth-order valence-electron chi connectivity index (χ4n) is 1.42. The van der Waals surface area contributed by atoms with Crippen LogP contribution in [0.2, 0.25) is 0 Å². The highest BCUT2D eigenvalue weighted by atomic mass is 32.1. The van der Waals surface area contributed by atoms with Gasteiger partial charge in [-0.25, -0.2) is 4.98 Å². The molecule has 0 aliphatic rings. The molecule has 88 valence electrons. The van der Waals surface area contributed by atoms with E-state index in [1.807, 2.05) is 12.3 Å². The van der Waals surface area contributed by atoms with Crippen LogP contribution in [0.3, 0.4) is 0 Å². The molecule has 0 aliphatic heterocycles. The van der Waals surface area contributed by atoms with Crippen molar-refractivity contribution < 1.29 is 9.31 Å². The number of thiazole rings is 1. The molecule has 0 radical (unpaired) electrons. The molecule has 0 aliphatic carbocycles. The van der Waals surface area contributed by atoms with E-state index in [1.165, 1.54) is 23.5 Å². The molecule has 1 aromatic carbocycles. The predicted octanol–water partition coefficient (Wildman–Crippen LogP) is 3.42. The Balaban J connectivity index is 2.46. The summed E-state index contributed by atoms with van der Waals surface area (Å²) in [4.78, 5) is 14.2. The van der Waals surface area contributed by atoms with Crippen LogP contribution < -0.4 is 0 Å². The van der Waals surface area contributed by atoms with E-state index in [-0.39, 0.29) is 0 Å². The second kappa shape index (κ2) is 4.58. The molecule has 0 saturated carbocycles. The van der Waals surface area contributed by atoms with Crippen LogP contribution in [0.25, 0.3) is 11.3 Å². The maximum atomic E-state index is 13.1. The van der Waals surface area contributed by atoms with E-state index in [4.69, 9.17) is 0 Å². The lowest BCUT2D eigenvalue weighted by Crippen LogP contribution is -1.93. The van der Waals surface area contributed by atoms with Crippen LogP contribution in [0.5, 0.6) is 0 Å². The molecule has 6 heteroatoms. The van der Waals surface area contributed by atoms with Gasteiger partial charge >= 0.3 is 5.69 Å². The van der Waals surface area contributed by atoms with Crippen molar-refractivity contribution in [1.82, 2.24) is 4.98 Å². The molecular formula is C11H9FN2O2S. The van der Waals surface area contributed by atoms with Gasteiger partial charge in [0.15, 0.2) is 0 Å². The van der Waals surface area contributed by atoms with Crippen LogP contribution >= 0.6 is 11.3 Å². The predicted molar refractivity (Wildman–Crippen MR) is 63.5 cm³/mol. The monoisotopic (exact) mass is 252 g/mol. The molecule has 0 fully saturated rings. The zero-order chi connectivity index (χ0) is 12.4. The van der Waals surface area contributed by atoms with Crippen molar-refractivity contribution in [2.24, 2.45) is 0 Å². The normalized spacial score (nSPS) is 10.5. The van der Waals surface area contributed by atoms with Crippen molar-refractivity contribution in [2.75, 3.05) is 0 Å². The number of halogens is 1. The van der Waals surface area contributed by atoms with Crippen LogP contribution in [0.4, 0.5) is 10.1 Å². The van der Waals surface area contributed by atoms with Crippen molar-refractivity contribution in [1.29, 1.82) is 0 Å². The summed E-state index contributed by atoms with van der Waals surface area (Å²) >= 11 is 1.49. The van der Waals surface area contributed by atoms with E-state index in [9.17, 15) is 14.5 Å². The van der Waals surface area contributed by atoms with Gasteiger partial charge in [0.2, 0.25) is 5.82 Å². The van der Waals surface area contributed by atoms with E-state index in [0.717, 1.165) is 17.5 Å². The van der Waals surface area contributed by atoms with Crippen molar-refractivity contribution in [3.05, 3.63) is 44.5 Å². The number of benzene rings is 1. The largest absolute Gasteiger partial charge is 0.305 e. The molecule has 0 spiro atoms. The summed E-state index contributed by atoms with van der Waals surface area (Å²) in [5, 5.41) is 13.4. The van der Waals surface area contributed by atoms with Crippen LogP contribution in [0.15, 0.2) is 23.6 Å². The standard InChI is InChI=1S/C11H9FN2O2S/c1-2-11-13-9(6-17-11)7-3-4-8(12)10(5-7)14(15)16/h3-6H,2H2,1H3. The van der Waals surface area contributed by atoms with E-state index in [1.54, 1.807) is 0 Å². The zero-order valence-electron chi connectivity index (χ0n) is 9.01. The van der Waals surface area contributed by atoms with Gasteiger partial charge < -0.3 is 0 Å². The molecule has 0 bridgehead atoms. The lowest BCUT2D eigenvalue weighted by molar-refractivity contribution is -0.387. The van der Waals surface area contributed by atoms with Gasteiger partial charge in [0.05, 0.1) is 15.6 Å². The Morgan fingerprint density at radius 1 is 1.53 bits per heavy atom. The molecule has 0 amide bonds. The van der Waals surface area contributed by atoms with Crippen molar-refractivity contribution in [2.45, 2.75) is 13.3 Å². The number of aromatic nitrogens is 1. The Bertz CT molecular complexity index is 568. The number of nitro benzene ring substituents is 1. The lowest BCUT2D eigenvalue weighted by Gasteiger charge is -1.98. The second-order valence-corrected chi connectivity index (χ2v) is 4.35. The van der Waals surface area contributed by atoms with Crippen LogP contribution in [-0.2, 0) is 6.42 Å². The van der Waals surface area contributed by atoms with Crippen LogP contribution in [0, 0.1) is 15.9 Å². The topological polar surface area (TPSA) is 56.0 Å². The number of aryl methyl sites for hydroxylation is 1. The van der Waals surface area contributed by atoms with Gasteiger partial charge in [-0.3, -0.25) is 10.1 Å². The number of nitro groups is 1. The smallest absolute Gasteiger partial charge is 0.258 e. The van der Waals surface area contributed by atoms with E-state index in [2.05, 4.69) is 4.98 Å². The fraction of sp³-hybridized carbons (Fsp3) is 0.182. The quantitative estimate of drug-likeness (QED) is 0.621. The third-order valence-corrected chi connectivity index (χ3v) is 3.29. The van der Waals surface area contributed by atoms with Gasteiger partial charge in [-0.2, -0.15) is 4.39 Å². The Hall–Kier alpha value is -1.82. The van der Waals surface area contributed by atoms with Crippen molar-refractivity contribution >= 4 is 17.0 Å².